The Kier molecular flexibility index (Phi) is 4.62. The number of thiazole rings is 1. The summed E-state index contributed by atoms with van der Waals surface area (Å²) < 4.78 is 0. The van der Waals surface area contributed by atoms with E-state index in [0.717, 1.165) is 46.6 Å². The Morgan fingerprint density at radius 1 is 1.13 bits per heavy atom. The van der Waals surface area contributed by atoms with Crippen LogP contribution in [0.15, 0.2) is 36.0 Å². The van der Waals surface area contributed by atoms with Crippen LogP contribution in [0.25, 0.3) is 11.4 Å². The third-order valence-corrected chi connectivity index (χ3v) is 4.45. The van der Waals surface area contributed by atoms with Crippen molar-refractivity contribution in [3.05, 3.63) is 52.4 Å². The van der Waals surface area contributed by atoms with Crippen molar-refractivity contribution in [2.45, 2.75) is 26.8 Å². The average Bonchev–Trinajstić information content (AvgIpc) is 3.00. The van der Waals surface area contributed by atoms with Gasteiger partial charge >= 0.3 is 0 Å². The molecule has 0 aliphatic carbocycles. The summed E-state index contributed by atoms with van der Waals surface area (Å²) in [6.45, 7) is 4.86. The second-order valence-corrected chi connectivity index (χ2v) is 6.31. The molecule has 5 nitrogen and oxygen atoms in total. The molecular formula is C17H19N5S. The summed E-state index contributed by atoms with van der Waals surface area (Å²) in [4.78, 5) is 20.1. The number of aryl methyl sites for hydroxylation is 2. The van der Waals surface area contributed by atoms with Crippen LogP contribution in [0.3, 0.4) is 0 Å². The largest absolute Gasteiger partial charge is 0.353 e. The predicted molar refractivity (Wildman–Crippen MR) is 93.6 cm³/mol. The fraction of sp³-hybridized carbons (Fsp3) is 0.294. The van der Waals surface area contributed by atoms with Gasteiger partial charge < -0.3 is 4.90 Å². The van der Waals surface area contributed by atoms with Gasteiger partial charge in [0.15, 0.2) is 5.82 Å². The fourth-order valence-corrected chi connectivity index (χ4v) is 3.07. The molecule has 0 aromatic carbocycles. The number of hydrogen-bond acceptors (Lipinski definition) is 6. The molecule has 3 heterocycles. The maximum atomic E-state index is 4.72. The molecular weight excluding hydrogens is 306 g/mol. The van der Waals surface area contributed by atoms with Gasteiger partial charge in [0.2, 0.25) is 0 Å². The average molecular weight is 325 g/mol. The smallest absolute Gasteiger partial charge is 0.161 e. The van der Waals surface area contributed by atoms with Crippen molar-refractivity contribution in [2.75, 3.05) is 11.9 Å². The monoisotopic (exact) mass is 325 g/mol. The van der Waals surface area contributed by atoms with Gasteiger partial charge in [0.25, 0.3) is 0 Å². The Morgan fingerprint density at radius 2 is 1.91 bits per heavy atom. The summed E-state index contributed by atoms with van der Waals surface area (Å²) in [5.74, 6) is 1.65. The van der Waals surface area contributed by atoms with Crippen LogP contribution >= 0.6 is 11.3 Å². The molecule has 0 saturated carbocycles. The summed E-state index contributed by atoms with van der Waals surface area (Å²) in [7, 11) is 2.04. The van der Waals surface area contributed by atoms with E-state index in [2.05, 4.69) is 32.2 Å². The highest BCUT2D eigenvalue weighted by Gasteiger charge is 2.11. The first-order valence-corrected chi connectivity index (χ1v) is 8.44. The van der Waals surface area contributed by atoms with Crippen molar-refractivity contribution in [2.24, 2.45) is 0 Å². The Morgan fingerprint density at radius 3 is 2.57 bits per heavy atom. The van der Waals surface area contributed by atoms with Crippen LogP contribution in [0.5, 0.6) is 0 Å². The maximum absolute atomic E-state index is 4.72. The van der Waals surface area contributed by atoms with Crippen LogP contribution in [0.1, 0.15) is 23.3 Å². The molecule has 6 heteroatoms. The lowest BCUT2D eigenvalue weighted by Gasteiger charge is -2.18. The van der Waals surface area contributed by atoms with Crippen molar-refractivity contribution in [3.63, 3.8) is 0 Å². The van der Waals surface area contributed by atoms with Gasteiger partial charge in [-0.1, -0.05) is 6.92 Å². The highest BCUT2D eigenvalue weighted by molar-refractivity contribution is 7.09. The van der Waals surface area contributed by atoms with Crippen molar-refractivity contribution in [3.8, 4) is 11.4 Å². The van der Waals surface area contributed by atoms with Gasteiger partial charge in [0.1, 0.15) is 10.8 Å². The summed E-state index contributed by atoms with van der Waals surface area (Å²) in [6.07, 6.45) is 4.40. The highest BCUT2D eigenvalue weighted by Crippen LogP contribution is 2.21. The van der Waals surface area contributed by atoms with E-state index in [-0.39, 0.29) is 0 Å². The van der Waals surface area contributed by atoms with E-state index >= 15 is 0 Å². The molecule has 0 saturated heterocycles. The summed E-state index contributed by atoms with van der Waals surface area (Å²) >= 11 is 1.68. The van der Waals surface area contributed by atoms with E-state index in [0.29, 0.717) is 0 Å². The van der Waals surface area contributed by atoms with E-state index in [1.165, 1.54) is 0 Å². The molecule has 0 spiro atoms. The van der Waals surface area contributed by atoms with Crippen molar-refractivity contribution >= 4 is 17.2 Å². The third-order valence-electron chi connectivity index (χ3n) is 3.50. The van der Waals surface area contributed by atoms with Crippen LogP contribution in [-0.4, -0.2) is 27.0 Å². The summed E-state index contributed by atoms with van der Waals surface area (Å²) in [5.41, 5.74) is 3.08. The predicted octanol–water partition coefficient (Wildman–Crippen LogP) is 3.50. The van der Waals surface area contributed by atoms with E-state index < -0.39 is 0 Å². The Bertz CT molecular complexity index is 785. The second kappa shape index (κ2) is 6.83. The Balaban J connectivity index is 1.92. The van der Waals surface area contributed by atoms with Crippen LogP contribution in [0.2, 0.25) is 0 Å². The van der Waals surface area contributed by atoms with E-state index in [9.17, 15) is 0 Å². The molecule has 0 N–H and O–H groups in total. The standard InChI is InChI=1S/C17H19N5S/c1-4-14-9-15(22(3)10-16-19-12(2)11-23-16)21-17(20-14)13-5-7-18-8-6-13/h5-9,11H,4,10H2,1-3H3. The molecule has 0 fully saturated rings. The van der Waals surface area contributed by atoms with Crippen LogP contribution < -0.4 is 4.90 Å². The topological polar surface area (TPSA) is 54.8 Å². The summed E-state index contributed by atoms with van der Waals surface area (Å²) in [5, 5.41) is 3.16. The van der Waals surface area contributed by atoms with Crippen LogP contribution in [0, 0.1) is 6.92 Å². The second-order valence-electron chi connectivity index (χ2n) is 5.37. The first-order valence-electron chi connectivity index (χ1n) is 7.56. The molecule has 0 atom stereocenters. The molecule has 3 rings (SSSR count). The minimum atomic E-state index is 0.740. The third kappa shape index (κ3) is 3.71. The molecule has 3 aromatic rings. The van der Waals surface area contributed by atoms with Gasteiger partial charge in [-0.25, -0.2) is 15.0 Å². The minimum Gasteiger partial charge on any atom is -0.353 e. The number of nitrogens with zero attached hydrogens (tertiary/aromatic N) is 5. The Labute approximate surface area is 140 Å². The molecule has 118 valence electrons. The zero-order valence-corrected chi connectivity index (χ0v) is 14.3. The molecule has 0 radical (unpaired) electrons. The minimum absolute atomic E-state index is 0.740. The van der Waals surface area contributed by atoms with E-state index in [4.69, 9.17) is 4.98 Å². The first-order chi connectivity index (χ1) is 11.2. The highest BCUT2D eigenvalue weighted by atomic mass is 32.1. The van der Waals surface area contributed by atoms with Gasteiger partial charge in [-0.05, 0) is 25.5 Å². The van der Waals surface area contributed by atoms with Crippen LogP contribution in [0.4, 0.5) is 5.82 Å². The quantitative estimate of drug-likeness (QED) is 0.718. The lowest BCUT2D eigenvalue weighted by molar-refractivity contribution is 0.869. The van der Waals surface area contributed by atoms with Gasteiger partial charge in [-0.2, -0.15) is 0 Å². The van der Waals surface area contributed by atoms with Gasteiger partial charge in [0, 0.05) is 47.8 Å². The van der Waals surface area contributed by atoms with Gasteiger partial charge in [-0.3, -0.25) is 4.98 Å². The van der Waals surface area contributed by atoms with Crippen LogP contribution in [-0.2, 0) is 13.0 Å². The van der Waals surface area contributed by atoms with E-state index in [1.807, 2.05) is 32.2 Å². The Hall–Kier alpha value is -2.34. The molecule has 0 bridgehead atoms. The first kappa shape index (κ1) is 15.6. The van der Waals surface area contributed by atoms with E-state index in [1.54, 1.807) is 23.7 Å². The maximum Gasteiger partial charge on any atom is 0.161 e. The lowest BCUT2D eigenvalue weighted by Crippen LogP contribution is -2.18. The van der Waals surface area contributed by atoms with Crippen molar-refractivity contribution < 1.29 is 0 Å². The van der Waals surface area contributed by atoms with Crippen molar-refractivity contribution in [1.29, 1.82) is 0 Å². The van der Waals surface area contributed by atoms with Gasteiger partial charge in [-0.15, -0.1) is 11.3 Å². The number of pyridine rings is 1. The van der Waals surface area contributed by atoms with Gasteiger partial charge in [0.05, 0.1) is 6.54 Å². The molecule has 0 aliphatic heterocycles. The normalized spacial score (nSPS) is 10.7. The molecule has 0 aliphatic rings. The summed E-state index contributed by atoms with van der Waals surface area (Å²) in [6, 6.07) is 5.91. The SMILES string of the molecule is CCc1cc(N(C)Cc2nc(C)cs2)nc(-c2ccncc2)n1. The molecule has 23 heavy (non-hydrogen) atoms. The number of rotatable bonds is 5. The number of aromatic nitrogens is 4. The fourth-order valence-electron chi connectivity index (χ4n) is 2.25. The van der Waals surface area contributed by atoms with Crippen molar-refractivity contribution in [1.82, 2.24) is 19.9 Å². The molecule has 3 aromatic heterocycles. The lowest BCUT2D eigenvalue weighted by atomic mass is 10.2. The zero-order valence-electron chi connectivity index (χ0n) is 13.5. The number of hydrogen-bond donors (Lipinski definition) is 0. The molecule has 0 amide bonds. The number of anilines is 1. The molecule has 0 unspecified atom stereocenters. The zero-order chi connectivity index (χ0) is 16.2.